The molecule has 4 aliphatic carbocycles. The van der Waals surface area contributed by atoms with Gasteiger partial charge in [0, 0.05) is 0 Å². The van der Waals surface area contributed by atoms with Crippen LogP contribution >= 0.6 is 34.8 Å². The van der Waals surface area contributed by atoms with Crippen LogP contribution in [0, 0.1) is 28.6 Å². The van der Waals surface area contributed by atoms with E-state index in [4.69, 9.17) is 39.2 Å². The van der Waals surface area contributed by atoms with Crippen LogP contribution in [0.3, 0.4) is 0 Å². The Hall–Kier alpha value is -0.480. The van der Waals surface area contributed by atoms with Gasteiger partial charge in [0.25, 0.3) is 3.79 Å². The number of ketones is 1. The normalized spacial score (nSPS) is 41.1. The van der Waals surface area contributed by atoms with Crippen molar-refractivity contribution in [2.45, 2.75) is 68.7 Å². The highest BCUT2D eigenvalue weighted by molar-refractivity contribution is 6.77. The van der Waals surface area contributed by atoms with E-state index in [1.165, 1.54) is 12.0 Å². The fraction of sp³-hybridized carbons (Fsp3) is 0.696. The molecule has 6 heteroatoms. The van der Waals surface area contributed by atoms with E-state index in [2.05, 4.69) is 19.9 Å². The predicted molar refractivity (Wildman–Crippen MR) is 115 cm³/mol. The molecule has 3 fully saturated rings. The Morgan fingerprint density at radius 2 is 1.93 bits per heavy atom. The van der Waals surface area contributed by atoms with Gasteiger partial charge in [-0.1, -0.05) is 54.2 Å². The zero-order valence-corrected chi connectivity index (χ0v) is 19.1. The van der Waals surface area contributed by atoms with E-state index in [0.717, 1.165) is 49.8 Å². The Kier molecular flexibility index (Phi) is 4.59. The Balaban J connectivity index is 1.48. The number of hydrogen-bond acceptors (Lipinski definition) is 3. The van der Waals surface area contributed by atoms with Crippen LogP contribution in [-0.2, 0) is 6.42 Å². The first-order chi connectivity index (χ1) is 13.5. The zero-order chi connectivity index (χ0) is 20.8. The Labute approximate surface area is 186 Å². The summed E-state index contributed by atoms with van der Waals surface area (Å²) in [6, 6.07) is 1.77. The molecule has 4 aliphatic rings. The van der Waals surface area contributed by atoms with Crippen molar-refractivity contribution in [1.82, 2.24) is 0 Å². The minimum absolute atomic E-state index is 0.0644. The average Bonchev–Trinajstić information content (AvgIpc) is 3.18. The first-order valence-corrected chi connectivity index (χ1v) is 11.8. The lowest BCUT2D eigenvalue weighted by Crippen LogP contribution is -2.51. The molecule has 0 radical (unpaired) electrons. The molecular weight excluding hydrogens is 431 g/mol. The summed E-state index contributed by atoms with van der Waals surface area (Å²) in [5.74, 6) is 2.12. The molecule has 1 heterocycles. The van der Waals surface area contributed by atoms with Gasteiger partial charge in [-0.15, -0.1) is 0 Å². The number of Topliss-reactive ketones (excluding diaryl/α,β-unsaturated/α-hetero) is 1. The van der Waals surface area contributed by atoms with Gasteiger partial charge in [-0.25, -0.2) is 0 Å². The SMILES string of the molecule is C[C@]12CC[C@H]3[C@@H](CCC4=Cc5oc(C(=O)C(Cl)(Cl)Cl)cc5C[C@@]43C)[C@@H]1CC[C@@H]2O. The summed E-state index contributed by atoms with van der Waals surface area (Å²) < 4.78 is 3.80. The Morgan fingerprint density at radius 1 is 1.17 bits per heavy atom. The molecule has 0 unspecified atom stereocenters. The van der Waals surface area contributed by atoms with Gasteiger partial charge in [0.15, 0.2) is 5.76 Å². The van der Waals surface area contributed by atoms with E-state index in [0.29, 0.717) is 17.8 Å². The second kappa shape index (κ2) is 6.51. The second-order valence-electron chi connectivity index (χ2n) is 10.1. The number of halogens is 3. The molecule has 0 amide bonds. The summed E-state index contributed by atoms with van der Waals surface area (Å²) in [4.78, 5) is 12.4. The van der Waals surface area contributed by atoms with Gasteiger partial charge in [-0.2, -0.15) is 0 Å². The average molecular weight is 458 g/mol. The number of rotatable bonds is 1. The number of carbonyl (C=O) groups is 1. The fourth-order valence-corrected chi connectivity index (χ4v) is 7.57. The van der Waals surface area contributed by atoms with Crippen molar-refractivity contribution in [3.8, 4) is 0 Å². The maximum Gasteiger partial charge on any atom is 0.256 e. The molecule has 0 spiro atoms. The highest BCUT2D eigenvalue weighted by Crippen LogP contribution is 2.65. The number of fused-ring (bicyclic) bond motifs is 6. The first kappa shape index (κ1) is 20.4. The van der Waals surface area contributed by atoms with E-state index in [1.54, 1.807) is 6.07 Å². The van der Waals surface area contributed by atoms with Gasteiger partial charge >= 0.3 is 0 Å². The van der Waals surface area contributed by atoms with Crippen LogP contribution in [0.1, 0.15) is 74.3 Å². The fourth-order valence-electron chi connectivity index (χ4n) is 7.29. The lowest BCUT2D eigenvalue weighted by Gasteiger charge is -2.57. The second-order valence-corrected chi connectivity index (χ2v) is 12.4. The van der Waals surface area contributed by atoms with Gasteiger partial charge < -0.3 is 9.52 Å². The highest BCUT2D eigenvalue weighted by Gasteiger charge is 2.59. The molecular formula is C23H27Cl3O3. The highest BCUT2D eigenvalue weighted by atomic mass is 35.6. The van der Waals surface area contributed by atoms with Crippen LogP contribution < -0.4 is 0 Å². The maximum atomic E-state index is 12.4. The molecule has 1 N–H and O–H groups in total. The minimum Gasteiger partial charge on any atom is -0.453 e. The Morgan fingerprint density at radius 3 is 2.66 bits per heavy atom. The van der Waals surface area contributed by atoms with Crippen LogP contribution in [0.15, 0.2) is 16.1 Å². The number of aliphatic hydroxyl groups excluding tert-OH is 1. The van der Waals surface area contributed by atoms with Crippen LogP contribution in [0.5, 0.6) is 0 Å². The quantitative estimate of drug-likeness (QED) is 0.393. The molecule has 158 valence electrons. The first-order valence-electron chi connectivity index (χ1n) is 10.7. The summed E-state index contributed by atoms with van der Waals surface area (Å²) >= 11 is 17.4. The monoisotopic (exact) mass is 456 g/mol. The number of hydrogen-bond donors (Lipinski definition) is 1. The molecule has 1 aromatic rings. The number of aliphatic hydroxyl groups is 1. The largest absolute Gasteiger partial charge is 0.453 e. The summed E-state index contributed by atoms with van der Waals surface area (Å²) in [6.45, 7) is 4.69. The van der Waals surface area contributed by atoms with Crippen molar-refractivity contribution in [3.05, 3.63) is 28.7 Å². The third-order valence-electron chi connectivity index (χ3n) is 8.87. The predicted octanol–water partition coefficient (Wildman–Crippen LogP) is 6.38. The van der Waals surface area contributed by atoms with E-state index in [1.807, 2.05) is 0 Å². The van der Waals surface area contributed by atoms with Crippen LogP contribution in [0.25, 0.3) is 6.08 Å². The van der Waals surface area contributed by atoms with Crippen molar-refractivity contribution in [3.63, 3.8) is 0 Å². The number of allylic oxidation sites excluding steroid dienone is 1. The van der Waals surface area contributed by atoms with E-state index < -0.39 is 9.58 Å². The van der Waals surface area contributed by atoms with Crippen LogP contribution in [0.4, 0.5) is 0 Å². The number of alkyl halides is 3. The van der Waals surface area contributed by atoms with Gasteiger partial charge in [0.05, 0.1) is 6.10 Å². The Bertz CT molecular complexity index is 898. The maximum absolute atomic E-state index is 12.4. The minimum atomic E-state index is -2.01. The van der Waals surface area contributed by atoms with Crippen molar-refractivity contribution in [1.29, 1.82) is 0 Å². The van der Waals surface area contributed by atoms with Crippen molar-refractivity contribution in [2.75, 3.05) is 0 Å². The molecule has 0 aromatic carbocycles. The van der Waals surface area contributed by atoms with Gasteiger partial charge in [-0.3, -0.25) is 4.79 Å². The molecule has 0 bridgehead atoms. The van der Waals surface area contributed by atoms with Gasteiger partial charge in [-0.05, 0) is 91.2 Å². The molecule has 29 heavy (non-hydrogen) atoms. The third-order valence-corrected chi connectivity index (χ3v) is 9.39. The molecule has 1 aromatic heterocycles. The number of carbonyl (C=O) groups excluding carboxylic acids is 1. The van der Waals surface area contributed by atoms with Gasteiger partial charge in [0.1, 0.15) is 5.76 Å². The molecule has 6 atom stereocenters. The standard InChI is InChI=1S/C23H27Cl3O3/c1-21-8-7-16-14(15(21)5-6-19(21)27)4-3-13-10-17-12(11-22(13,16)2)9-18(29-17)20(28)23(24,25)26/h9-10,14-16,19,27H,3-8,11H2,1-2H3/t14-,15-,16-,19-,21-,22-/m0/s1. The molecule has 5 rings (SSSR count). The smallest absolute Gasteiger partial charge is 0.256 e. The van der Waals surface area contributed by atoms with Crippen molar-refractivity contribution < 1.29 is 14.3 Å². The van der Waals surface area contributed by atoms with Gasteiger partial charge in [0.2, 0.25) is 5.78 Å². The summed E-state index contributed by atoms with van der Waals surface area (Å²) in [7, 11) is 0. The lowest BCUT2D eigenvalue weighted by molar-refractivity contribution is -0.0704. The summed E-state index contributed by atoms with van der Waals surface area (Å²) in [5.41, 5.74) is 2.61. The van der Waals surface area contributed by atoms with E-state index in [-0.39, 0.29) is 22.7 Å². The van der Waals surface area contributed by atoms with E-state index >= 15 is 0 Å². The zero-order valence-electron chi connectivity index (χ0n) is 16.8. The molecule has 0 aliphatic heterocycles. The summed E-state index contributed by atoms with van der Waals surface area (Å²) in [6.07, 6.45) is 9.40. The van der Waals surface area contributed by atoms with Crippen LogP contribution in [-0.4, -0.2) is 20.8 Å². The molecule has 3 nitrogen and oxygen atoms in total. The van der Waals surface area contributed by atoms with E-state index in [9.17, 15) is 9.90 Å². The lowest BCUT2D eigenvalue weighted by atomic mass is 9.47. The van der Waals surface area contributed by atoms with Crippen molar-refractivity contribution >= 4 is 46.7 Å². The third kappa shape index (κ3) is 2.91. The topological polar surface area (TPSA) is 50.4 Å². The molecule has 0 saturated heterocycles. The van der Waals surface area contributed by atoms with Crippen molar-refractivity contribution in [2.24, 2.45) is 28.6 Å². The summed E-state index contributed by atoms with van der Waals surface area (Å²) in [5, 5.41) is 10.6. The number of furan rings is 1. The van der Waals surface area contributed by atoms with Crippen LogP contribution in [0.2, 0.25) is 0 Å². The molecule has 3 saturated carbocycles.